The predicted molar refractivity (Wildman–Crippen MR) is 88.9 cm³/mol. The zero-order valence-electron chi connectivity index (χ0n) is 13.2. The Bertz CT molecular complexity index is 1010. The van der Waals surface area contributed by atoms with Crippen molar-refractivity contribution in [3.05, 3.63) is 75.6 Å². The number of methoxy groups -OCH3 is 1. The molecule has 0 aliphatic rings. The summed E-state index contributed by atoms with van der Waals surface area (Å²) in [5.41, 5.74) is -0.494. The molecule has 5 heteroatoms. The number of benzene rings is 2. The summed E-state index contributed by atoms with van der Waals surface area (Å²) in [5, 5.41) is 0.415. The lowest BCUT2D eigenvalue weighted by Crippen LogP contribution is -2.20. The molecule has 24 heavy (non-hydrogen) atoms. The van der Waals surface area contributed by atoms with Gasteiger partial charge in [0.2, 0.25) is 0 Å². The standard InChI is InChI=1S/C19H14O5/c1-11(20)16-17(12-7-3-6-10-15(12)24-19(16)22)18(21)13-8-4-5-9-14(13)23-2/h3-10H,1-2H3. The van der Waals surface area contributed by atoms with Crippen LogP contribution in [0.5, 0.6) is 5.75 Å². The molecular weight excluding hydrogens is 308 g/mol. The van der Waals surface area contributed by atoms with Gasteiger partial charge in [-0.25, -0.2) is 4.79 Å². The number of hydrogen-bond acceptors (Lipinski definition) is 5. The van der Waals surface area contributed by atoms with E-state index in [4.69, 9.17) is 9.15 Å². The lowest BCUT2D eigenvalue weighted by Gasteiger charge is -2.11. The van der Waals surface area contributed by atoms with Crippen LogP contribution < -0.4 is 10.4 Å². The van der Waals surface area contributed by atoms with Gasteiger partial charge in [0.15, 0.2) is 11.6 Å². The first-order chi connectivity index (χ1) is 11.5. The van der Waals surface area contributed by atoms with E-state index in [2.05, 4.69) is 0 Å². The quantitative estimate of drug-likeness (QED) is 0.544. The number of carbonyl (C=O) groups is 2. The van der Waals surface area contributed by atoms with Crippen molar-refractivity contribution in [2.75, 3.05) is 7.11 Å². The van der Waals surface area contributed by atoms with E-state index in [-0.39, 0.29) is 22.3 Å². The van der Waals surface area contributed by atoms with E-state index in [0.717, 1.165) is 0 Å². The molecule has 0 unspecified atom stereocenters. The Hall–Kier alpha value is -3.21. The van der Waals surface area contributed by atoms with Gasteiger partial charge in [-0.3, -0.25) is 9.59 Å². The van der Waals surface area contributed by atoms with Crippen LogP contribution in [-0.2, 0) is 0 Å². The summed E-state index contributed by atoms with van der Waals surface area (Å²) in [6.07, 6.45) is 0. The summed E-state index contributed by atoms with van der Waals surface area (Å²) in [6, 6.07) is 13.3. The number of fused-ring (bicyclic) bond motifs is 1. The van der Waals surface area contributed by atoms with Crippen molar-refractivity contribution in [1.29, 1.82) is 0 Å². The Kier molecular flexibility index (Phi) is 4.00. The van der Waals surface area contributed by atoms with Crippen LogP contribution in [0.1, 0.15) is 33.2 Å². The normalized spacial score (nSPS) is 10.6. The molecule has 0 saturated carbocycles. The molecule has 0 N–H and O–H groups in total. The number of Topliss-reactive ketones (excluding diaryl/α,β-unsaturated/α-hetero) is 1. The monoisotopic (exact) mass is 322 g/mol. The van der Waals surface area contributed by atoms with Crippen LogP contribution in [-0.4, -0.2) is 18.7 Å². The zero-order chi connectivity index (χ0) is 17.3. The van der Waals surface area contributed by atoms with Crippen LogP contribution in [0.25, 0.3) is 11.0 Å². The summed E-state index contributed by atoms with van der Waals surface area (Å²) in [6.45, 7) is 1.24. The molecule has 2 aromatic carbocycles. The van der Waals surface area contributed by atoms with Gasteiger partial charge in [0.25, 0.3) is 0 Å². The minimum atomic E-state index is -0.820. The molecule has 1 aromatic heterocycles. The number of ketones is 2. The molecule has 5 nitrogen and oxygen atoms in total. The first kappa shape index (κ1) is 15.7. The SMILES string of the molecule is COc1ccccc1C(=O)c1c(C(C)=O)c(=O)oc2ccccc12. The number of hydrogen-bond donors (Lipinski definition) is 0. The van der Waals surface area contributed by atoms with Gasteiger partial charge in [0, 0.05) is 5.39 Å². The van der Waals surface area contributed by atoms with Crippen molar-refractivity contribution >= 4 is 22.5 Å². The molecule has 0 aliphatic carbocycles. The maximum Gasteiger partial charge on any atom is 0.347 e. The number of para-hydroxylation sites is 2. The number of carbonyl (C=O) groups excluding carboxylic acids is 2. The van der Waals surface area contributed by atoms with Crippen LogP contribution >= 0.6 is 0 Å². The predicted octanol–water partition coefficient (Wildman–Crippen LogP) is 3.24. The topological polar surface area (TPSA) is 73.6 Å². The van der Waals surface area contributed by atoms with Gasteiger partial charge >= 0.3 is 5.63 Å². The second-order valence-corrected chi connectivity index (χ2v) is 5.22. The fraction of sp³-hybridized carbons (Fsp3) is 0.105. The molecule has 0 radical (unpaired) electrons. The molecule has 3 rings (SSSR count). The average molecular weight is 322 g/mol. The van der Waals surface area contributed by atoms with Crippen molar-refractivity contribution in [2.24, 2.45) is 0 Å². The van der Waals surface area contributed by atoms with Crippen molar-refractivity contribution in [3.63, 3.8) is 0 Å². The van der Waals surface area contributed by atoms with Crippen molar-refractivity contribution in [1.82, 2.24) is 0 Å². The molecule has 0 bridgehead atoms. The average Bonchev–Trinajstić information content (AvgIpc) is 2.59. The minimum absolute atomic E-state index is 0.0406. The fourth-order valence-corrected chi connectivity index (χ4v) is 2.67. The van der Waals surface area contributed by atoms with Crippen molar-refractivity contribution in [3.8, 4) is 5.75 Å². The Morgan fingerprint density at radius 2 is 1.62 bits per heavy atom. The molecular formula is C19H14O5. The maximum atomic E-state index is 13.1. The highest BCUT2D eigenvalue weighted by Gasteiger charge is 2.25. The second-order valence-electron chi connectivity index (χ2n) is 5.22. The zero-order valence-corrected chi connectivity index (χ0v) is 13.2. The second kappa shape index (κ2) is 6.12. The molecule has 0 spiro atoms. The van der Waals surface area contributed by atoms with E-state index in [1.807, 2.05) is 0 Å². The highest BCUT2D eigenvalue weighted by molar-refractivity contribution is 6.21. The third kappa shape index (κ3) is 2.50. The van der Waals surface area contributed by atoms with E-state index in [0.29, 0.717) is 11.1 Å². The lowest BCUT2D eigenvalue weighted by atomic mass is 9.94. The summed E-state index contributed by atoms with van der Waals surface area (Å²) in [4.78, 5) is 37.3. The van der Waals surface area contributed by atoms with E-state index in [1.54, 1.807) is 48.5 Å². The Morgan fingerprint density at radius 1 is 0.958 bits per heavy atom. The van der Waals surface area contributed by atoms with Gasteiger partial charge in [0.1, 0.15) is 16.9 Å². The third-order valence-corrected chi connectivity index (χ3v) is 3.74. The molecule has 0 amide bonds. The molecule has 1 heterocycles. The van der Waals surface area contributed by atoms with E-state index >= 15 is 0 Å². The first-order valence-electron chi connectivity index (χ1n) is 7.29. The molecule has 0 aliphatic heterocycles. The maximum absolute atomic E-state index is 13.1. The van der Waals surface area contributed by atoms with Crippen LogP contribution in [0.3, 0.4) is 0 Å². The van der Waals surface area contributed by atoms with Crippen molar-refractivity contribution < 1.29 is 18.7 Å². The van der Waals surface area contributed by atoms with Crippen LogP contribution in [0, 0.1) is 0 Å². The van der Waals surface area contributed by atoms with Gasteiger partial charge in [0.05, 0.1) is 18.2 Å². The summed E-state index contributed by atoms with van der Waals surface area (Å²) in [7, 11) is 1.45. The van der Waals surface area contributed by atoms with Crippen LogP contribution in [0.2, 0.25) is 0 Å². The highest BCUT2D eigenvalue weighted by Crippen LogP contribution is 2.27. The summed E-state index contributed by atoms with van der Waals surface area (Å²) >= 11 is 0. The number of ether oxygens (including phenoxy) is 1. The minimum Gasteiger partial charge on any atom is -0.496 e. The van der Waals surface area contributed by atoms with Gasteiger partial charge in [-0.2, -0.15) is 0 Å². The largest absolute Gasteiger partial charge is 0.496 e. The summed E-state index contributed by atoms with van der Waals surface area (Å²) in [5.74, 6) is -0.608. The summed E-state index contributed by atoms with van der Waals surface area (Å²) < 4.78 is 10.4. The number of rotatable bonds is 4. The van der Waals surface area contributed by atoms with E-state index < -0.39 is 17.2 Å². The fourth-order valence-electron chi connectivity index (χ4n) is 2.67. The first-order valence-corrected chi connectivity index (χ1v) is 7.29. The molecule has 0 saturated heterocycles. The Morgan fingerprint density at radius 3 is 2.33 bits per heavy atom. The lowest BCUT2D eigenvalue weighted by molar-refractivity contribution is 0.0986. The highest BCUT2D eigenvalue weighted by atomic mass is 16.5. The van der Waals surface area contributed by atoms with E-state index in [1.165, 1.54) is 14.0 Å². The molecule has 120 valence electrons. The van der Waals surface area contributed by atoms with Gasteiger partial charge in [-0.05, 0) is 25.1 Å². The molecule has 0 atom stereocenters. The molecule has 0 fully saturated rings. The van der Waals surface area contributed by atoms with Gasteiger partial charge < -0.3 is 9.15 Å². The third-order valence-electron chi connectivity index (χ3n) is 3.74. The smallest absolute Gasteiger partial charge is 0.347 e. The van der Waals surface area contributed by atoms with Crippen LogP contribution in [0.15, 0.2) is 57.7 Å². The van der Waals surface area contributed by atoms with E-state index in [9.17, 15) is 14.4 Å². The van der Waals surface area contributed by atoms with Crippen molar-refractivity contribution in [2.45, 2.75) is 6.92 Å². The Balaban J connectivity index is 2.39. The molecule has 3 aromatic rings. The Labute approximate surface area is 137 Å². The van der Waals surface area contributed by atoms with Gasteiger partial charge in [-0.1, -0.05) is 30.3 Å². The van der Waals surface area contributed by atoms with Crippen LogP contribution in [0.4, 0.5) is 0 Å². The van der Waals surface area contributed by atoms with Gasteiger partial charge in [-0.15, -0.1) is 0 Å².